The molecule has 5 nitrogen and oxygen atoms in total. The first-order valence-electron chi connectivity index (χ1n) is 5.38. The third kappa shape index (κ3) is 4.73. The van der Waals surface area contributed by atoms with Crippen LogP contribution < -0.4 is 15.2 Å². The highest BCUT2D eigenvalue weighted by atomic mass is 32.2. The minimum Gasteiger partial charge on any atom is -0.392 e. The second-order valence-electron chi connectivity index (χ2n) is 4.58. The van der Waals surface area contributed by atoms with E-state index in [1.54, 1.807) is 0 Å². The summed E-state index contributed by atoms with van der Waals surface area (Å²) >= 11 is 4.86. The van der Waals surface area contributed by atoms with Gasteiger partial charge in [0.05, 0.1) is 11.0 Å². The molecule has 0 aromatic carbocycles. The summed E-state index contributed by atoms with van der Waals surface area (Å²) in [4.78, 5) is 0.220. The number of rotatable bonds is 7. The summed E-state index contributed by atoms with van der Waals surface area (Å²) in [5.41, 5.74) is 5.52. The first-order chi connectivity index (χ1) is 7.32. The average molecular weight is 265 g/mol. The molecule has 0 aromatic rings. The van der Waals surface area contributed by atoms with Gasteiger partial charge in [-0.25, -0.2) is 4.72 Å². The molecule has 1 aliphatic carbocycles. The molecule has 0 radical (unpaired) electrons. The van der Waals surface area contributed by atoms with Crippen molar-refractivity contribution in [1.29, 1.82) is 0 Å². The van der Waals surface area contributed by atoms with Crippen molar-refractivity contribution >= 4 is 27.4 Å². The van der Waals surface area contributed by atoms with Gasteiger partial charge in [0.1, 0.15) is 0 Å². The van der Waals surface area contributed by atoms with E-state index < -0.39 is 16.3 Å². The van der Waals surface area contributed by atoms with Crippen LogP contribution in [0.4, 0.5) is 0 Å². The molecule has 1 saturated carbocycles. The highest BCUT2D eigenvalue weighted by Gasteiger charge is 2.35. The third-order valence-corrected chi connectivity index (χ3v) is 3.73. The molecule has 94 valence electrons. The lowest BCUT2D eigenvalue weighted by Crippen LogP contribution is -2.49. The molecule has 4 N–H and O–H groups in total. The Morgan fingerprint density at radius 3 is 2.44 bits per heavy atom. The van der Waals surface area contributed by atoms with Gasteiger partial charge in [0, 0.05) is 6.54 Å². The fraction of sp³-hybridized carbons (Fsp3) is 0.889. The second kappa shape index (κ2) is 5.39. The highest BCUT2D eigenvalue weighted by molar-refractivity contribution is 7.87. The van der Waals surface area contributed by atoms with E-state index in [0.29, 0.717) is 6.54 Å². The molecule has 0 aliphatic heterocycles. The van der Waals surface area contributed by atoms with Gasteiger partial charge in [-0.3, -0.25) is 0 Å². The maximum Gasteiger partial charge on any atom is 0.277 e. The van der Waals surface area contributed by atoms with E-state index in [1.165, 1.54) is 0 Å². The maximum atomic E-state index is 11.6. The molecule has 1 rings (SSSR count). The molecule has 16 heavy (non-hydrogen) atoms. The SMILES string of the molecule is CC(C)CNS(=O)(=O)NC(C(N)=S)C1CC1. The Morgan fingerprint density at radius 1 is 1.50 bits per heavy atom. The van der Waals surface area contributed by atoms with Crippen LogP contribution in [0.2, 0.25) is 0 Å². The molecule has 1 aliphatic rings. The number of hydrogen-bond donors (Lipinski definition) is 3. The van der Waals surface area contributed by atoms with Gasteiger partial charge in [0.25, 0.3) is 10.2 Å². The van der Waals surface area contributed by atoms with Crippen molar-refractivity contribution in [3.05, 3.63) is 0 Å². The van der Waals surface area contributed by atoms with E-state index in [4.69, 9.17) is 18.0 Å². The number of thiocarbonyl (C=S) groups is 1. The van der Waals surface area contributed by atoms with Crippen molar-refractivity contribution < 1.29 is 8.42 Å². The van der Waals surface area contributed by atoms with Crippen LogP contribution in [0.25, 0.3) is 0 Å². The fourth-order valence-electron chi connectivity index (χ4n) is 1.30. The number of hydrogen-bond acceptors (Lipinski definition) is 3. The number of nitrogens with two attached hydrogens (primary N) is 1. The van der Waals surface area contributed by atoms with E-state index in [0.717, 1.165) is 12.8 Å². The fourth-order valence-corrected chi connectivity index (χ4v) is 2.92. The Labute approximate surface area is 102 Å². The molecule has 0 spiro atoms. The molecular weight excluding hydrogens is 246 g/mol. The van der Waals surface area contributed by atoms with Crippen LogP contribution in [0, 0.1) is 11.8 Å². The Balaban J connectivity index is 2.52. The van der Waals surface area contributed by atoms with Gasteiger partial charge in [-0.1, -0.05) is 26.1 Å². The van der Waals surface area contributed by atoms with Crippen molar-refractivity contribution in [2.45, 2.75) is 32.7 Å². The van der Waals surface area contributed by atoms with Crippen LogP contribution in [0.15, 0.2) is 0 Å². The van der Waals surface area contributed by atoms with Crippen LogP contribution in [0.3, 0.4) is 0 Å². The molecule has 0 bridgehead atoms. The van der Waals surface area contributed by atoms with Crippen LogP contribution >= 0.6 is 12.2 Å². The van der Waals surface area contributed by atoms with Gasteiger partial charge in [-0.05, 0) is 24.7 Å². The lowest BCUT2D eigenvalue weighted by molar-refractivity contribution is 0.535. The predicted octanol–water partition coefficient (Wildman–Crippen LogP) is 0.131. The van der Waals surface area contributed by atoms with E-state index in [2.05, 4.69) is 9.44 Å². The average Bonchev–Trinajstić information content (AvgIpc) is 2.94. The van der Waals surface area contributed by atoms with Gasteiger partial charge in [-0.15, -0.1) is 0 Å². The largest absolute Gasteiger partial charge is 0.392 e. The minimum absolute atomic E-state index is 0.220. The molecule has 0 amide bonds. The molecule has 1 fully saturated rings. The van der Waals surface area contributed by atoms with Crippen LogP contribution in [-0.4, -0.2) is 26.0 Å². The highest BCUT2D eigenvalue weighted by Crippen LogP contribution is 2.32. The van der Waals surface area contributed by atoms with Gasteiger partial charge < -0.3 is 5.73 Å². The molecule has 0 aromatic heterocycles. The lowest BCUT2D eigenvalue weighted by Gasteiger charge is -2.17. The van der Waals surface area contributed by atoms with Gasteiger partial charge in [-0.2, -0.15) is 13.1 Å². The zero-order valence-corrected chi connectivity index (χ0v) is 11.2. The molecule has 1 unspecified atom stereocenters. The van der Waals surface area contributed by atoms with Gasteiger partial charge in [0.15, 0.2) is 0 Å². The smallest absolute Gasteiger partial charge is 0.277 e. The quantitative estimate of drug-likeness (QED) is 0.571. The molecule has 0 saturated heterocycles. The van der Waals surface area contributed by atoms with Crippen molar-refractivity contribution in [2.75, 3.05) is 6.54 Å². The summed E-state index contributed by atoms with van der Waals surface area (Å²) in [6.07, 6.45) is 1.96. The summed E-state index contributed by atoms with van der Waals surface area (Å²) in [6.45, 7) is 4.28. The van der Waals surface area contributed by atoms with Gasteiger partial charge in [0.2, 0.25) is 0 Å². The van der Waals surface area contributed by atoms with E-state index >= 15 is 0 Å². The Morgan fingerprint density at radius 2 is 2.06 bits per heavy atom. The van der Waals surface area contributed by atoms with Gasteiger partial charge >= 0.3 is 0 Å². The van der Waals surface area contributed by atoms with E-state index in [1.807, 2.05) is 13.8 Å². The summed E-state index contributed by atoms with van der Waals surface area (Å²) < 4.78 is 28.3. The molecule has 7 heteroatoms. The monoisotopic (exact) mass is 265 g/mol. The molecule has 0 heterocycles. The zero-order chi connectivity index (χ0) is 12.3. The summed E-state index contributed by atoms with van der Waals surface area (Å²) in [6, 6.07) is -0.403. The topological polar surface area (TPSA) is 84.2 Å². The first-order valence-corrected chi connectivity index (χ1v) is 7.27. The summed E-state index contributed by atoms with van der Waals surface area (Å²) in [7, 11) is -3.49. The normalized spacial score (nSPS) is 18.7. The van der Waals surface area contributed by atoms with Crippen LogP contribution in [-0.2, 0) is 10.2 Å². The van der Waals surface area contributed by atoms with Crippen molar-refractivity contribution in [3.63, 3.8) is 0 Å². The van der Waals surface area contributed by atoms with Crippen LogP contribution in [0.1, 0.15) is 26.7 Å². The predicted molar refractivity (Wildman–Crippen MR) is 68.2 cm³/mol. The van der Waals surface area contributed by atoms with E-state index in [-0.39, 0.29) is 16.8 Å². The molecular formula is C9H19N3O2S2. The van der Waals surface area contributed by atoms with Crippen molar-refractivity contribution in [2.24, 2.45) is 17.6 Å². The van der Waals surface area contributed by atoms with E-state index in [9.17, 15) is 8.42 Å². The third-order valence-electron chi connectivity index (χ3n) is 2.36. The van der Waals surface area contributed by atoms with Crippen molar-refractivity contribution in [1.82, 2.24) is 9.44 Å². The second-order valence-corrected chi connectivity index (χ2v) is 6.58. The number of nitrogens with one attached hydrogen (secondary N) is 2. The zero-order valence-electron chi connectivity index (χ0n) is 9.56. The van der Waals surface area contributed by atoms with Crippen molar-refractivity contribution in [3.8, 4) is 0 Å². The first kappa shape index (κ1) is 13.8. The Hall–Kier alpha value is -0.240. The standard InChI is InChI=1S/C9H19N3O2S2/c1-6(2)5-11-16(13,14)12-8(9(10)15)7-3-4-7/h6-8,11-12H,3-5H2,1-2H3,(H2,10,15). The maximum absolute atomic E-state index is 11.6. The van der Waals surface area contributed by atoms with Crippen LogP contribution in [0.5, 0.6) is 0 Å². The Bertz CT molecular complexity index is 350. The minimum atomic E-state index is -3.49. The summed E-state index contributed by atoms with van der Waals surface area (Å²) in [5, 5.41) is 0. The molecule has 1 atom stereocenters. The Kier molecular flexibility index (Phi) is 4.66. The summed E-state index contributed by atoms with van der Waals surface area (Å²) in [5.74, 6) is 0.536. The lowest BCUT2D eigenvalue weighted by atomic mass is 10.2.